The maximum absolute atomic E-state index is 13.3. The van der Waals surface area contributed by atoms with Gasteiger partial charge in [-0.1, -0.05) is 25.1 Å². The van der Waals surface area contributed by atoms with Crippen molar-refractivity contribution < 1.29 is 13.2 Å². The van der Waals surface area contributed by atoms with Crippen molar-refractivity contribution in [1.82, 2.24) is 19.6 Å². The Bertz CT molecular complexity index is 1050. The summed E-state index contributed by atoms with van der Waals surface area (Å²) in [6.45, 7) is 6.40. The second-order valence-corrected chi connectivity index (χ2v) is 10.2. The number of rotatable bonds is 7. The van der Waals surface area contributed by atoms with Crippen LogP contribution < -0.4 is 10.2 Å². The zero-order chi connectivity index (χ0) is 22.8. The molecule has 1 aromatic heterocycles. The summed E-state index contributed by atoms with van der Waals surface area (Å²) in [5, 5.41) is 2.89. The fourth-order valence-electron chi connectivity index (χ4n) is 3.78. The SMILES string of the molecule is CCc1ccccc1S(=O)(=O)N1CCC(c2nc(N(C)C)ncc2C(=O)NC(C)C)C1. The fourth-order valence-corrected chi connectivity index (χ4v) is 5.58. The van der Waals surface area contributed by atoms with Crippen LogP contribution in [-0.4, -0.2) is 61.8 Å². The van der Waals surface area contributed by atoms with Crippen LogP contribution in [0, 0.1) is 0 Å². The third-order valence-corrected chi connectivity index (χ3v) is 7.34. The lowest BCUT2D eigenvalue weighted by Gasteiger charge is -2.20. The summed E-state index contributed by atoms with van der Waals surface area (Å²) in [4.78, 5) is 23.8. The van der Waals surface area contributed by atoms with E-state index >= 15 is 0 Å². The van der Waals surface area contributed by atoms with Crippen molar-refractivity contribution in [3.63, 3.8) is 0 Å². The highest BCUT2D eigenvalue weighted by Gasteiger charge is 2.36. The molecule has 8 nitrogen and oxygen atoms in total. The minimum absolute atomic E-state index is 0.0279. The minimum Gasteiger partial charge on any atom is -0.350 e. The molecule has 0 bridgehead atoms. The van der Waals surface area contributed by atoms with Crippen LogP contribution in [0.3, 0.4) is 0 Å². The van der Waals surface area contributed by atoms with Crippen molar-refractivity contribution in [2.75, 3.05) is 32.1 Å². The van der Waals surface area contributed by atoms with E-state index in [0.29, 0.717) is 41.5 Å². The molecule has 2 heterocycles. The number of anilines is 1. The summed E-state index contributed by atoms with van der Waals surface area (Å²) in [6.07, 6.45) is 2.78. The van der Waals surface area contributed by atoms with Crippen LogP contribution in [0.5, 0.6) is 0 Å². The summed E-state index contributed by atoms with van der Waals surface area (Å²) in [7, 11) is 0.0448. The molecule has 1 amide bonds. The number of sulfonamides is 1. The smallest absolute Gasteiger partial charge is 0.254 e. The topological polar surface area (TPSA) is 95.5 Å². The van der Waals surface area contributed by atoms with Crippen LogP contribution in [0.2, 0.25) is 0 Å². The molecule has 1 aliphatic heterocycles. The molecule has 0 saturated carbocycles. The predicted molar refractivity (Wildman–Crippen MR) is 121 cm³/mol. The van der Waals surface area contributed by atoms with Gasteiger partial charge in [0.25, 0.3) is 5.91 Å². The molecule has 9 heteroatoms. The molecule has 0 spiro atoms. The number of aryl methyl sites for hydroxylation is 1. The van der Waals surface area contributed by atoms with Crippen LogP contribution in [0.4, 0.5) is 5.95 Å². The first kappa shape index (κ1) is 23.1. The quantitative estimate of drug-likeness (QED) is 0.703. The number of hydrogen-bond acceptors (Lipinski definition) is 6. The Balaban J connectivity index is 1.94. The van der Waals surface area contributed by atoms with Crippen molar-refractivity contribution in [2.24, 2.45) is 0 Å². The summed E-state index contributed by atoms with van der Waals surface area (Å²) < 4.78 is 28.2. The highest BCUT2D eigenvalue weighted by molar-refractivity contribution is 7.89. The molecule has 1 saturated heterocycles. The first-order valence-corrected chi connectivity index (χ1v) is 12.0. The molecule has 2 aromatic rings. The van der Waals surface area contributed by atoms with Gasteiger partial charge in [-0.25, -0.2) is 18.4 Å². The lowest BCUT2D eigenvalue weighted by molar-refractivity contribution is 0.0941. The Morgan fingerprint density at radius 1 is 1.29 bits per heavy atom. The van der Waals surface area contributed by atoms with Gasteiger partial charge in [0.05, 0.1) is 16.2 Å². The van der Waals surface area contributed by atoms with Gasteiger partial charge >= 0.3 is 0 Å². The van der Waals surface area contributed by atoms with E-state index in [1.807, 2.05) is 47.0 Å². The Morgan fingerprint density at radius 2 is 2.00 bits per heavy atom. The van der Waals surface area contributed by atoms with Gasteiger partial charge < -0.3 is 10.2 Å². The van der Waals surface area contributed by atoms with Gasteiger partial charge in [0.1, 0.15) is 0 Å². The molecule has 3 rings (SSSR count). The second kappa shape index (κ2) is 9.32. The van der Waals surface area contributed by atoms with Crippen LogP contribution in [0.1, 0.15) is 54.7 Å². The first-order valence-electron chi connectivity index (χ1n) is 10.6. The lowest BCUT2D eigenvalue weighted by atomic mass is 9.99. The first-order chi connectivity index (χ1) is 14.6. The summed E-state index contributed by atoms with van der Waals surface area (Å²) >= 11 is 0. The number of hydrogen-bond donors (Lipinski definition) is 1. The second-order valence-electron chi connectivity index (χ2n) is 8.30. The maximum atomic E-state index is 13.3. The number of amides is 1. The highest BCUT2D eigenvalue weighted by atomic mass is 32.2. The zero-order valence-electron chi connectivity index (χ0n) is 18.8. The van der Waals surface area contributed by atoms with E-state index < -0.39 is 10.0 Å². The van der Waals surface area contributed by atoms with E-state index in [-0.39, 0.29) is 24.4 Å². The van der Waals surface area contributed by atoms with Gasteiger partial charge in [-0.3, -0.25) is 4.79 Å². The maximum Gasteiger partial charge on any atom is 0.254 e. The van der Waals surface area contributed by atoms with Gasteiger partial charge in [-0.2, -0.15) is 4.31 Å². The van der Waals surface area contributed by atoms with Crippen molar-refractivity contribution in [2.45, 2.75) is 50.5 Å². The molecular weight excluding hydrogens is 414 g/mol. The van der Waals surface area contributed by atoms with Crippen LogP contribution in [0.15, 0.2) is 35.4 Å². The zero-order valence-corrected chi connectivity index (χ0v) is 19.6. The summed E-state index contributed by atoms with van der Waals surface area (Å²) in [5.41, 5.74) is 1.80. The van der Waals surface area contributed by atoms with E-state index in [9.17, 15) is 13.2 Å². The molecule has 168 valence electrons. The average molecular weight is 446 g/mol. The Morgan fingerprint density at radius 3 is 2.65 bits per heavy atom. The molecular formula is C22H31N5O3S. The number of aromatic nitrogens is 2. The predicted octanol–water partition coefficient (Wildman–Crippen LogP) is 2.42. The van der Waals surface area contributed by atoms with E-state index in [4.69, 9.17) is 0 Å². The average Bonchev–Trinajstić information content (AvgIpc) is 3.23. The third-order valence-electron chi connectivity index (χ3n) is 5.38. The molecule has 1 aromatic carbocycles. The third kappa shape index (κ3) is 4.88. The van der Waals surface area contributed by atoms with Crippen molar-refractivity contribution in [3.8, 4) is 0 Å². The van der Waals surface area contributed by atoms with E-state index in [2.05, 4.69) is 15.3 Å². The molecule has 0 aliphatic carbocycles. The van der Waals surface area contributed by atoms with E-state index in [1.165, 1.54) is 4.31 Å². The minimum atomic E-state index is -3.62. The Hall–Kier alpha value is -2.52. The fraction of sp³-hybridized carbons (Fsp3) is 0.500. The molecule has 0 radical (unpaired) electrons. The lowest BCUT2D eigenvalue weighted by Crippen LogP contribution is -2.32. The van der Waals surface area contributed by atoms with Crippen LogP contribution in [-0.2, 0) is 16.4 Å². The van der Waals surface area contributed by atoms with Gasteiger partial charge in [-0.05, 0) is 38.3 Å². The normalized spacial score (nSPS) is 17.2. The monoisotopic (exact) mass is 445 g/mol. The number of carbonyl (C=O) groups excluding carboxylic acids is 1. The largest absolute Gasteiger partial charge is 0.350 e. The van der Waals surface area contributed by atoms with E-state index in [1.54, 1.807) is 23.2 Å². The van der Waals surface area contributed by atoms with Crippen molar-refractivity contribution in [1.29, 1.82) is 0 Å². The number of nitrogens with zero attached hydrogens (tertiary/aromatic N) is 4. The molecule has 1 aliphatic rings. The van der Waals surface area contributed by atoms with Crippen LogP contribution >= 0.6 is 0 Å². The Labute approximate surface area is 184 Å². The van der Waals surface area contributed by atoms with Gasteiger partial charge in [0, 0.05) is 45.3 Å². The summed E-state index contributed by atoms with van der Waals surface area (Å²) in [6, 6.07) is 7.09. The van der Waals surface area contributed by atoms with Gasteiger partial charge in [0.2, 0.25) is 16.0 Å². The molecule has 1 unspecified atom stereocenters. The summed E-state index contributed by atoms with van der Waals surface area (Å²) in [5.74, 6) is 0.0693. The van der Waals surface area contributed by atoms with E-state index in [0.717, 1.165) is 5.56 Å². The standard InChI is InChI=1S/C22H31N5O3S/c1-6-16-9-7-8-10-19(16)31(29,30)27-12-11-17(14-27)20-18(21(28)24-15(2)3)13-23-22(25-20)26(4)5/h7-10,13,15,17H,6,11-12,14H2,1-5H3,(H,24,28). The molecule has 1 atom stereocenters. The molecule has 1 N–H and O–H groups in total. The van der Waals surface area contributed by atoms with Gasteiger partial charge in [0.15, 0.2) is 0 Å². The number of benzene rings is 1. The molecule has 31 heavy (non-hydrogen) atoms. The van der Waals surface area contributed by atoms with Crippen molar-refractivity contribution in [3.05, 3.63) is 47.3 Å². The molecule has 1 fully saturated rings. The highest BCUT2D eigenvalue weighted by Crippen LogP contribution is 2.33. The van der Waals surface area contributed by atoms with Crippen molar-refractivity contribution >= 4 is 21.9 Å². The number of nitrogens with one attached hydrogen (secondary N) is 1. The van der Waals surface area contributed by atoms with Gasteiger partial charge in [-0.15, -0.1) is 0 Å². The Kier molecular flexibility index (Phi) is 6.96. The van der Waals surface area contributed by atoms with Crippen LogP contribution in [0.25, 0.3) is 0 Å². The number of carbonyl (C=O) groups is 1.